The Hall–Kier alpha value is -2.69. The fraction of sp³-hybridized carbons (Fsp3) is 0.435. The molecule has 1 amide bonds. The lowest BCUT2D eigenvalue weighted by molar-refractivity contribution is 0.0683. The van der Waals surface area contributed by atoms with Gasteiger partial charge in [-0.05, 0) is 37.0 Å². The molecule has 0 radical (unpaired) electrons. The number of hydrogen-bond acceptors (Lipinski definition) is 4. The monoisotopic (exact) mass is 383 g/mol. The van der Waals surface area contributed by atoms with Crippen molar-refractivity contribution < 1.29 is 19.0 Å². The van der Waals surface area contributed by atoms with E-state index in [0.29, 0.717) is 29.4 Å². The molecule has 0 heterocycles. The van der Waals surface area contributed by atoms with Gasteiger partial charge in [-0.2, -0.15) is 0 Å². The van der Waals surface area contributed by atoms with E-state index in [2.05, 4.69) is 12.1 Å². The summed E-state index contributed by atoms with van der Waals surface area (Å²) in [5, 5.41) is 0. The van der Waals surface area contributed by atoms with Crippen LogP contribution < -0.4 is 14.2 Å². The molecule has 0 saturated heterocycles. The molecule has 0 atom stereocenters. The Kier molecular flexibility index (Phi) is 6.80. The Morgan fingerprint density at radius 2 is 1.57 bits per heavy atom. The van der Waals surface area contributed by atoms with Crippen LogP contribution in [0.25, 0.3) is 0 Å². The number of carbonyl (C=O) groups is 1. The molecule has 1 saturated carbocycles. The molecule has 5 heteroatoms. The summed E-state index contributed by atoms with van der Waals surface area (Å²) in [5.41, 5.74) is 1.80. The summed E-state index contributed by atoms with van der Waals surface area (Å²) in [5.74, 6) is 1.51. The molecule has 1 fully saturated rings. The zero-order chi connectivity index (χ0) is 19.9. The number of hydrogen-bond donors (Lipinski definition) is 0. The van der Waals surface area contributed by atoms with Gasteiger partial charge >= 0.3 is 0 Å². The van der Waals surface area contributed by atoms with E-state index in [9.17, 15) is 4.79 Å². The van der Waals surface area contributed by atoms with Gasteiger partial charge in [0.1, 0.15) is 0 Å². The quantitative estimate of drug-likeness (QED) is 0.680. The number of benzene rings is 2. The number of methoxy groups -OCH3 is 3. The molecule has 2 aromatic rings. The zero-order valence-corrected chi connectivity index (χ0v) is 16.9. The van der Waals surface area contributed by atoms with Crippen molar-refractivity contribution in [2.45, 2.75) is 38.1 Å². The van der Waals surface area contributed by atoms with Crippen molar-refractivity contribution in [3.05, 3.63) is 53.6 Å². The van der Waals surface area contributed by atoms with Crippen molar-refractivity contribution in [1.82, 2.24) is 4.90 Å². The van der Waals surface area contributed by atoms with Gasteiger partial charge in [0.2, 0.25) is 5.75 Å². The minimum Gasteiger partial charge on any atom is -0.493 e. The lowest BCUT2D eigenvalue weighted by Gasteiger charge is -2.29. The first-order chi connectivity index (χ1) is 13.7. The highest BCUT2D eigenvalue weighted by atomic mass is 16.5. The highest BCUT2D eigenvalue weighted by molar-refractivity contribution is 5.96. The molecular formula is C23H29NO4. The van der Waals surface area contributed by atoms with Crippen LogP contribution in [-0.2, 0) is 6.42 Å². The average Bonchev–Trinajstić information content (AvgIpc) is 3.27. The van der Waals surface area contributed by atoms with Crippen LogP contribution in [-0.4, -0.2) is 44.7 Å². The zero-order valence-electron chi connectivity index (χ0n) is 16.9. The molecule has 0 unspecified atom stereocenters. The summed E-state index contributed by atoms with van der Waals surface area (Å²) in [7, 11) is 4.69. The van der Waals surface area contributed by atoms with Gasteiger partial charge in [-0.1, -0.05) is 43.2 Å². The van der Waals surface area contributed by atoms with Crippen molar-refractivity contribution in [2.24, 2.45) is 0 Å². The molecule has 1 aliphatic rings. The molecule has 150 valence electrons. The Labute approximate surface area is 167 Å². The Balaban J connectivity index is 1.88. The second-order valence-corrected chi connectivity index (χ2v) is 7.09. The Bertz CT molecular complexity index is 759. The second-order valence-electron chi connectivity index (χ2n) is 7.09. The molecule has 2 aromatic carbocycles. The first-order valence-electron chi connectivity index (χ1n) is 9.82. The summed E-state index contributed by atoms with van der Waals surface area (Å²) in [6, 6.07) is 14.1. The van der Waals surface area contributed by atoms with Gasteiger partial charge in [0.25, 0.3) is 5.91 Å². The van der Waals surface area contributed by atoms with Crippen molar-refractivity contribution >= 4 is 5.91 Å². The van der Waals surface area contributed by atoms with Crippen LogP contribution in [0, 0.1) is 0 Å². The minimum absolute atomic E-state index is 0.0158. The van der Waals surface area contributed by atoms with Crippen LogP contribution in [0.3, 0.4) is 0 Å². The van der Waals surface area contributed by atoms with E-state index in [1.54, 1.807) is 33.5 Å². The Morgan fingerprint density at radius 3 is 2.11 bits per heavy atom. The smallest absolute Gasteiger partial charge is 0.254 e. The second kappa shape index (κ2) is 9.49. The standard InChI is InChI=1S/C23H29NO4/c1-26-20-15-18(16-21(27-2)22(20)28-3)23(25)24(19-11-7-8-12-19)14-13-17-9-5-4-6-10-17/h4-6,9-10,15-16,19H,7-8,11-14H2,1-3H3. The summed E-state index contributed by atoms with van der Waals surface area (Å²) in [6.07, 6.45) is 5.31. The van der Waals surface area contributed by atoms with E-state index in [-0.39, 0.29) is 11.9 Å². The van der Waals surface area contributed by atoms with E-state index < -0.39 is 0 Å². The molecule has 3 rings (SSSR count). The number of carbonyl (C=O) groups excluding carboxylic acids is 1. The van der Waals surface area contributed by atoms with Crippen LogP contribution in [0.1, 0.15) is 41.6 Å². The molecular weight excluding hydrogens is 354 g/mol. The van der Waals surface area contributed by atoms with Crippen molar-refractivity contribution in [1.29, 1.82) is 0 Å². The first-order valence-corrected chi connectivity index (χ1v) is 9.82. The van der Waals surface area contributed by atoms with E-state index in [1.165, 1.54) is 18.4 Å². The summed E-state index contributed by atoms with van der Waals surface area (Å²) >= 11 is 0. The maximum Gasteiger partial charge on any atom is 0.254 e. The van der Waals surface area contributed by atoms with E-state index in [1.807, 2.05) is 23.1 Å². The van der Waals surface area contributed by atoms with E-state index in [0.717, 1.165) is 19.3 Å². The van der Waals surface area contributed by atoms with Crippen molar-refractivity contribution in [2.75, 3.05) is 27.9 Å². The molecule has 5 nitrogen and oxygen atoms in total. The summed E-state index contributed by atoms with van der Waals surface area (Å²) in [4.78, 5) is 15.5. The first kappa shape index (κ1) is 20.1. The van der Waals surface area contributed by atoms with Gasteiger partial charge in [0.15, 0.2) is 11.5 Å². The molecule has 28 heavy (non-hydrogen) atoms. The predicted molar refractivity (Wildman–Crippen MR) is 110 cm³/mol. The van der Waals surface area contributed by atoms with Crippen LogP contribution in [0.4, 0.5) is 0 Å². The van der Waals surface area contributed by atoms with Gasteiger partial charge < -0.3 is 19.1 Å². The van der Waals surface area contributed by atoms with Gasteiger partial charge in [0, 0.05) is 18.2 Å². The maximum absolute atomic E-state index is 13.5. The fourth-order valence-corrected chi connectivity index (χ4v) is 3.93. The topological polar surface area (TPSA) is 48.0 Å². The van der Waals surface area contributed by atoms with E-state index >= 15 is 0 Å². The lowest BCUT2D eigenvalue weighted by atomic mass is 10.1. The number of amides is 1. The third-order valence-electron chi connectivity index (χ3n) is 5.42. The minimum atomic E-state index is 0.0158. The maximum atomic E-state index is 13.5. The number of ether oxygens (including phenoxy) is 3. The molecule has 0 bridgehead atoms. The predicted octanol–water partition coefficient (Wildman–Crippen LogP) is 4.34. The molecule has 0 aliphatic heterocycles. The molecule has 0 N–H and O–H groups in total. The Morgan fingerprint density at radius 1 is 0.964 bits per heavy atom. The normalized spacial score (nSPS) is 14.0. The van der Waals surface area contributed by atoms with Crippen LogP contribution in [0.5, 0.6) is 17.2 Å². The molecule has 0 spiro atoms. The van der Waals surface area contributed by atoms with E-state index in [4.69, 9.17) is 14.2 Å². The SMILES string of the molecule is COc1cc(C(=O)N(CCc2ccccc2)C2CCCC2)cc(OC)c1OC. The van der Waals surface area contributed by atoms with Gasteiger partial charge in [-0.15, -0.1) is 0 Å². The van der Waals surface area contributed by atoms with Gasteiger partial charge in [0.05, 0.1) is 21.3 Å². The molecule has 1 aliphatic carbocycles. The number of rotatable bonds is 8. The van der Waals surface area contributed by atoms with Crippen molar-refractivity contribution in [3.63, 3.8) is 0 Å². The number of nitrogens with zero attached hydrogens (tertiary/aromatic N) is 1. The van der Waals surface area contributed by atoms with Crippen LogP contribution in [0.15, 0.2) is 42.5 Å². The highest BCUT2D eigenvalue weighted by Crippen LogP contribution is 2.39. The van der Waals surface area contributed by atoms with Crippen molar-refractivity contribution in [3.8, 4) is 17.2 Å². The van der Waals surface area contributed by atoms with Crippen LogP contribution >= 0.6 is 0 Å². The third-order valence-corrected chi connectivity index (χ3v) is 5.42. The van der Waals surface area contributed by atoms with Gasteiger partial charge in [-0.3, -0.25) is 4.79 Å². The largest absolute Gasteiger partial charge is 0.493 e. The average molecular weight is 383 g/mol. The van der Waals surface area contributed by atoms with Gasteiger partial charge in [-0.25, -0.2) is 0 Å². The lowest BCUT2D eigenvalue weighted by Crippen LogP contribution is -2.40. The highest BCUT2D eigenvalue weighted by Gasteiger charge is 2.28. The third kappa shape index (κ3) is 4.41. The summed E-state index contributed by atoms with van der Waals surface area (Å²) < 4.78 is 16.2. The molecule has 0 aromatic heterocycles. The van der Waals surface area contributed by atoms with Crippen LogP contribution in [0.2, 0.25) is 0 Å². The summed E-state index contributed by atoms with van der Waals surface area (Å²) in [6.45, 7) is 0.699. The fourth-order valence-electron chi connectivity index (χ4n) is 3.93.